The monoisotopic (exact) mass is 404 g/mol. The van der Waals surface area contributed by atoms with E-state index in [1.807, 2.05) is 29.2 Å². The summed E-state index contributed by atoms with van der Waals surface area (Å²) in [4.78, 5) is 15.5. The molecule has 1 atom stereocenters. The molecule has 1 heterocycles. The van der Waals surface area contributed by atoms with Gasteiger partial charge in [-0.1, -0.05) is 55.8 Å². The van der Waals surface area contributed by atoms with E-state index < -0.39 is 0 Å². The quantitative estimate of drug-likeness (QED) is 0.494. The molecule has 1 amide bonds. The van der Waals surface area contributed by atoms with Crippen LogP contribution in [0.5, 0.6) is 5.75 Å². The zero-order valence-electron chi connectivity index (χ0n) is 18.6. The van der Waals surface area contributed by atoms with Crippen molar-refractivity contribution in [1.82, 2.24) is 9.47 Å². The lowest BCUT2D eigenvalue weighted by Crippen LogP contribution is -2.41. The lowest BCUT2D eigenvalue weighted by molar-refractivity contribution is 0.0619. The number of benzene rings is 2. The first-order valence-corrected chi connectivity index (χ1v) is 10.5. The minimum absolute atomic E-state index is 0.00282. The topological polar surface area (TPSA) is 34.5 Å². The molecular weight excluding hydrogens is 372 g/mol. The van der Waals surface area contributed by atoms with Crippen LogP contribution in [0.3, 0.4) is 0 Å². The molecule has 158 valence electrons. The van der Waals surface area contributed by atoms with Gasteiger partial charge in [-0.3, -0.25) is 4.79 Å². The number of carbonyl (C=O) groups excluding carboxylic acids is 1. The highest BCUT2D eigenvalue weighted by Gasteiger charge is 2.26. The van der Waals surface area contributed by atoms with Crippen LogP contribution in [0, 0.1) is 12.8 Å². The lowest BCUT2D eigenvalue weighted by atomic mass is 10.0. The van der Waals surface area contributed by atoms with Crippen molar-refractivity contribution in [2.24, 2.45) is 5.92 Å². The van der Waals surface area contributed by atoms with E-state index >= 15 is 0 Å². The number of carbonyl (C=O) groups is 1. The molecule has 0 unspecified atom stereocenters. The summed E-state index contributed by atoms with van der Waals surface area (Å²) in [7, 11) is 1.61. The van der Waals surface area contributed by atoms with E-state index in [1.165, 1.54) is 11.1 Å². The van der Waals surface area contributed by atoms with Gasteiger partial charge in [0.25, 0.3) is 5.91 Å². The van der Waals surface area contributed by atoms with Gasteiger partial charge in [0, 0.05) is 24.5 Å². The Balaban J connectivity index is 1.90. The van der Waals surface area contributed by atoms with Gasteiger partial charge >= 0.3 is 0 Å². The van der Waals surface area contributed by atoms with Gasteiger partial charge in [0.05, 0.1) is 19.2 Å². The average Bonchev–Trinajstić information content (AvgIpc) is 3.17. The first-order chi connectivity index (χ1) is 14.4. The van der Waals surface area contributed by atoms with Crippen LogP contribution in [0.4, 0.5) is 0 Å². The fraction of sp³-hybridized carbons (Fsp3) is 0.346. The predicted molar refractivity (Wildman–Crippen MR) is 122 cm³/mol. The predicted octanol–water partition coefficient (Wildman–Crippen LogP) is 5.54. The normalized spacial score (nSPS) is 12.1. The number of para-hydroxylation sites is 1. The largest absolute Gasteiger partial charge is 0.496 e. The van der Waals surface area contributed by atoms with Crippen LogP contribution in [-0.4, -0.2) is 28.5 Å². The summed E-state index contributed by atoms with van der Waals surface area (Å²) >= 11 is 0. The molecule has 3 rings (SSSR count). The Kier molecular flexibility index (Phi) is 6.99. The number of hydrogen-bond donors (Lipinski definition) is 0. The van der Waals surface area contributed by atoms with Gasteiger partial charge in [-0.05, 0) is 49.6 Å². The Bertz CT molecular complexity index is 990. The van der Waals surface area contributed by atoms with E-state index in [0.717, 1.165) is 12.2 Å². The number of aromatic nitrogens is 1. The molecule has 0 N–H and O–H groups in total. The molecule has 0 bridgehead atoms. The van der Waals surface area contributed by atoms with Crippen LogP contribution >= 0.6 is 0 Å². The van der Waals surface area contributed by atoms with Crippen molar-refractivity contribution in [3.63, 3.8) is 0 Å². The molecule has 0 spiro atoms. The number of rotatable bonds is 8. The summed E-state index contributed by atoms with van der Waals surface area (Å²) in [5.41, 5.74) is 4.23. The second-order valence-corrected chi connectivity index (χ2v) is 8.23. The van der Waals surface area contributed by atoms with Crippen molar-refractivity contribution in [2.45, 2.75) is 46.8 Å². The van der Waals surface area contributed by atoms with Gasteiger partial charge in [-0.25, -0.2) is 0 Å². The number of aryl methyl sites for hydroxylation is 1. The first kappa shape index (κ1) is 21.7. The maximum atomic E-state index is 13.5. The maximum Gasteiger partial charge on any atom is 0.258 e. The zero-order chi connectivity index (χ0) is 21.7. The third-order valence-electron chi connectivity index (χ3n) is 5.75. The van der Waals surface area contributed by atoms with Crippen molar-refractivity contribution in [2.75, 3.05) is 7.11 Å². The second-order valence-electron chi connectivity index (χ2n) is 8.23. The van der Waals surface area contributed by atoms with Crippen LogP contribution in [0.25, 0.3) is 0 Å². The Morgan fingerprint density at radius 1 is 1.03 bits per heavy atom. The van der Waals surface area contributed by atoms with E-state index in [-0.39, 0.29) is 11.9 Å². The summed E-state index contributed by atoms with van der Waals surface area (Å²) in [5, 5.41) is 0. The van der Waals surface area contributed by atoms with Gasteiger partial charge in [0.2, 0.25) is 0 Å². The molecule has 0 saturated heterocycles. The molecule has 0 radical (unpaired) electrons. The molecule has 1 aromatic heterocycles. The van der Waals surface area contributed by atoms with Crippen LogP contribution in [-0.2, 0) is 13.1 Å². The Hall–Kier alpha value is -3.01. The molecule has 0 aliphatic heterocycles. The van der Waals surface area contributed by atoms with E-state index in [1.54, 1.807) is 7.11 Å². The fourth-order valence-electron chi connectivity index (χ4n) is 3.67. The molecule has 3 aromatic rings. The van der Waals surface area contributed by atoms with Crippen LogP contribution < -0.4 is 4.74 Å². The van der Waals surface area contributed by atoms with Gasteiger partial charge in [-0.15, -0.1) is 0 Å². The highest BCUT2D eigenvalue weighted by Crippen LogP contribution is 2.24. The van der Waals surface area contributed by atoms with Crippen LogP contribution in [0.2, 0.25) is 0 Å². The molecule has 4 nitrogen and oxygen atoms in total. The molecule has 30 heavy (non-hydrogen) atoms. The minimum Gasteiger partial charge on any atom is -0.496 e. The summed E-state index contributed by atoms with van der Waals surface area (Å²) < 4.78 is 7.68. The average molecular weight is 405 g/mol. The summed E-state index contributed by atoms with van der Waals surface area (Å²) in [6.07, 6.45) is 2.09. The summed E-state index contributed by atoms with van der Waals surface area (Å²) in [6, 6.07) is 20.2. The Morgan fingerprint density at radius 2 is 1.80 bits per heavy atom. The van der Waals surface area contributed by atoms with E-state index in [2.05, 4.69) is 74.9 Å². The van der Waals surface area contributed by atoms with Crippen LogP contribution in [0.15, 0.2) is 66.9 Å². The number of hydrogen-bond acceptors (Lipinski definition) is 2. The number of ether oxygens (including phenoxy) is 1. The molecule has 0 saturated carbocycles. The van der Waals surface area contributed by atoms with Crippen LogP contribution in [0.1, 0.15) is 48.0 Å². The standard InChI is InChI=1S/C26H32N2O2/c1-19(2)21(4)28(26(29)24-13-6-7-14-25(24)30-5)18-23-12-9-15-27(23)17-22-11-8-10-20(3)16-22/h6-16,19,21H,17-18H2,1-5H3/t21-/m1/s1. The van der Waals surface area contributed by atoms with E-state index in [4.69, 9.17) is 4.74 Å². The third kappa shape index (κ3) is 4.93. The molecule has 2 aromatic carbocycles. The first-order valence-electron chi connectivity index (χ1n) is 10.5. The summed E-state index contributed by atoms with van der Waals surface area (Å²) in [6.45, 7) is 9.87. The van der Waals surface area contributed by atoms with Crippen molar-refractivity contribution >= 4 is 5.91 Å². The van der Waals surface area contributed by atoms with Crippen molar-refractivity contribution < 1.29 is 9.53 Å². The Morgan fingerprint density at radius 3 is 2.50 bits per heavy atom. The van der Waals surface area contributed by atoms with Crippen molar-refractivity contribution in [1.29, 1.82) is 0 Å². The lowest BCUT2D eigenvalue weighted by Gasteiger charge is -2.32. The SMILES string of the molecule is COc1ccccc1C(=O)N(Cc1cccn1Cc1cccc(C)c1)[C@H](C)C(C)C. The molecule has 0 aliphatic carbocycles. The van der Waals surface area contributed by atoms with Gasteiger partial charge < -0.3 is 14.2 Å². The second kappa shape index (κ2) is 9.66. The van der Waals surface area contributed by atoms with Crippen molar-refractivity contribution in [3.05, 3.63) is 89.2 Å². The van der Waals surface area contributed by atoms with Gasteiger partial charge in [-0.2, -0.15) is 0 Å². The van der Waals surface area contributed by atoms with E-state index in [9.17, 15) is 4.79 Å². The van der Waals surface area contributed by atoms with E-state index in [0.29, 0.717) is 23.8 Å². The third-order valence-corrected chi connectivity index (χ3v) is 5.75. The molecule has 0 aliphatic rings. The minimum atomic E-state index is -0.00282. The molecule has 4 heteroatoms. The number of nitrogens with zero attached hydrogens (tertiary/aromatic N) is 2. The van der Waals surface area contributed by atoms with Crippen molar-refractivity contribution in [3.8, 4) is 5.75 Å². The number of amides is 1. The smallest absolute Gasteiger partial charge is 0.258 e. The Labute approximate surface area is 180 Å². The van der Waals surface area contributed by atoms with Gasteiger partial charge in [0.15, 0.2) is 0 Å². The molecular formula is C26H32N2O2. The fourth-order valence-corrected chi connectivity index (χ4v) is 3.67. The summed E-state index contributed by atoms with van der Waals surface area (Å²) in [5.74, 6) is 0.944. The van der Waals surface area contributed by atoms with Gasteiger partial charge in [0.1, 0.15) is 5.75 Å². The molecule has 0 fully saturated rings. The zero-order valence-corrected chi connectivity index (χ0v) is 18.6. The highest BCUT2D eigenvalue weighted by atomic mass is 16.5. The highest BCUT2D eigenvalue weighted by molar-refractivity contribution is 5.97. The maximum absolute atomic E-state index is 13.5. The number of methoxy groups -OCH3 is 1.